The number of phenols is 1. The fourth-order valence-corrected chi connectivity index (χ4v) is 4.19. The lowest BCUT2D eigenvalue weighted by atomic mass is 10.2. The molecule has 0 spiro atoms. The molecule has 3 aromatic rings. The van der Waals surface area contributed by atoms with Crippen molar-refractivity contribution in [3.8, 4) is 11.5 Å². The molecule has 2 heterocycles. The number of fused-ring (bicyclic) bond motifs is 1. The van der Waals surface area contributed by atoms with Gasteiger partial charge in [-0.15, -0.1) is 11.3 Å². The van der Waals surface area contributed by atoms with Crippen molar-refractivity contribution in [1.29, 1.82) is 0 Å². The molecule has 2 aromatic heterocycles. The Hall–Kier alpha value is -2.65. The molecule has 1 aromatic carbocycles. The van der Waals surface area contributed by atoms with E-state index in [0.717, 1.165) is 11.3 Å². The standard InChI is InChI=1S/C19H17BrN2O5S/c1-4-27-19(25)16-9(2)15-17(24)21-14(22-18(15)28-16)6-5-10-7-12(23)13(26-3)8-11(10)20/h5-8,23H,4H2,1-3H3,(H,21,22,24). The second-order valence-corrected chi connectivity index (χ2v) is 7.64. The first-order valence-corrected chi connectivity index (χ1v) is 9.91. The molecule has 0 unspecified atom stereocenters. The molecular weight excluding hydrogens is 448 g/mol. The minimum Gasteiger partial charge on any atom is -0.504 e. The Morgan fingerprint density at radius 1 is 1.39 bits per heavy atom. The highest BCUT2D eigenvalue weighted by atomic mass is 79.9. The number of rotatable bonds is 5. The smallest absolute Gasteiger partial charge is 0.348 e. The van der Waals surface area contributed by atoms with Crippen LogP contribution in [0.1, 0.15) is 33.5 Å². The summed E-state index contributed by atoms with van der Waals surface area (Å²) in [7, 11) is 1.47. The van der Waals surface area contributed by atoms with E-state index in [9.17, 15) is 14.7 Å². The van der Waals surface area contributed by atoms with E-state index in [1.807, 2.05) is 0 Å². The Balaban J connectivity index is 2.01. The number of benzene rings is 1. The number of H-pyrrole nitrogens is 1. The van der Waals surface area contributed by atoms with Gasteiger partial charge in [-0.05, 0) is 43.2 Å². The SMILES string of the molecule is CCOC(=O)c1sc2nc(C=Cc3cc(O)c(OC)cc3Br)[nH]c(=O)c2c1C. The van der Waals surface area contributed by atoms with Gasteiger partial charge < -0.3 is 19.6 Å². The maximum atomic E-state index is 12.5. The quantitative estimate of drug-likeness (QED) is 0.550. The van der Waals surface area contributed by atoms with Crippen molar-refractivity contribution in [1.82, 2.24) is 9.97 Å². The maximum absolute atomic E-state index is 12.5. The van der Waals surface area contributed by atoms with Gasteiger partial charge in [-0.1, -0.05) is 22.0 Å². The van der Waals surface area contributed by atoms with E-state index in [-0.39, 0.29) is 17.9 Å². The molecule has 3 rings (SSSR count). The van der Waals surface area contributed by atoms with Crippen molar-refractivity contribution in [2.75, 3.05) is 13.7 Å². The van der Waals surface area contributed by atoms with Gasteiger partial charge in [0.05, 0.1) is 19.1 Å². The van der Waals surface area contributed by atoms with Crippen LogP contribution in [0.15, 0.2) is 21.4 Å². The maximum Gasteiger partial charge on any atom is 0.348 e. The predicted molar refractivity (Wildman–Crippen MR) is 112 cm³/mol. The van der Waals surface area contributed by atoms with Crippen molar-refractivity contribution in [2.24, 2.45) is 0 Å². The van der Waals surface area contributed by atoms with E-state index in [1.165, 1.54) is 13.2 Å². The fraction of sp³-hybridized carbons (Fsp3) is 0.211. The third-order valence-electron chi connectivity index (χ3n) is 4.00. The summed E-state index contributed by atoms with van der Waals surface area (Å²) < 4.78 is 10.8. The number of thiophene rings is 1. The second-order valence-electron chi connectivity index (χ2n) is 5.79. The van der Waals surface area contributed by atoms with E-state index in [4.69, 9.17) is 9.47 Å². The van der Waals surface area contributed by atoms with Crippen LogP contribution in [-0.4, -0.2) is 34.8 Å². The van der Waals surface area contributed by atoms with E-state index in [2.05, 4.69) is 25.9 Å². The fourth-order valence-electron chi connectivity index (χ4n) is 2.65. The zero-order chi connectivity index (χ0) is 20.4. The summed E-state index contributed by atoms with van der Waals surface area (Å²) in [4.78, 5) is 32.5. The lowest BCUT2D eigenvalue weighted by molar-refractivity contribution is 0.0531. The molecular formula is C19H17BrN2O5S. The van der Waals surface area contributed by atoms with Gasteiger partial charge in [-0.2, -0.15) is 0 Å². The molecule has 9 heteroatoms. The van der Waals surface area contributed by atoms with Gasteiger partial charge in [0.15, 0.2) is 11.5 Å². The largest absolute Gasteiger partial charge is 0.504 e. The average Bonchev–Trinajstić information content (AvgIpc) is 2.99. The van der Waals surface area contributed by atoms with Crippen molar-refractivity contribution in [3.63, 3.8) is 0 Å². The molecule has 0 fully saturated rings. The zero-order valence-electron chi connectivity index (χ0n) is 15.3. The summed E-state index contributed by atoms with van der Waals surface area (Å²) in [6.07, 6.45) is 3.31. The molecule has 0 saturated carbocycles. The lowest BCUT2D eigenvalue weighted by Gasteiger charge is -2.06. The Labute approximate surface area is 172 Å². The minimum absolute atomic E-state index is 0.00443. The van der Waals surface area contributed by atoms with Gasteiger partial charge in [0.2, 0.25) is 0 Å². The van der Waals surface area contributed by atoms with Crippen molar-refractivity contribution < 1.29 is 19.4 Å². The van der Waals surface area contributed by atoms with Gasteiger partial charge in [-0.25, -0.2) is 9.78 Å². The normalized spacial score (nSPS) is 11.3. The van der Waals surface area contributed by atoms with Crippen LogP contribution in [0.25, 0.3) is 22.4 Å². The lowest BCUT2D eigenvalue weighted by Crippen LogP contribution is -2.10. The number of aromatic nitrogens is 2. The van der Waals surface area contributed by atoms with Crippen LogP contribution in [0.5, 0.6) is 11.5 Å². The van der Waals surface area contributed by atoms with Gasteiger partial charge in [-0.3, -0.25) is 4.79 Å². The van der Waals surface area contributed by atoms with Crippen LogP contribution in [0, 0.1) is 6.92 Å². The number of hydrogen-bond acceptors (Lipinski definition) is 7. The molecule has 2 N–H and O–H groups in total. The van der Waals surface area contributed by atoms with Crippen molar-refractivity contribution in [3.05, 3.63) is 48.8 Å². The molecule has 146 valence electrons. The molecule has 0 atom stereocenters. The van der Waals surface area contributed by atoms with Gasteiger partial charge in [0.1, 0.15) is 15.5 Å². The van der Waals surface area contributed by atoms with Gasteiger partial charge >= 0.3 is 5.97 Å². The molecule has 0 bridgehead atoms. The number of halogens is 1. The monoisotopic (exact) mass is 464 g/mol. The molecule has 0 saturated heterocycles. The van der Waals surface area contributed by atoms with E-state index < -0.39 is 5.97 Å². The third kappa shape index (κ3) is 3.81. The number of carbonyl (C=O) groups is 1. The van der Waals surface area contributed by atoms with Crippen LogP contribution in [0.3, 0.4) is 0 Å². The number of methoxy groups -OCH3 is 1. The first-order valence-electron chi connectivity index (χ1n) is 8.30. The number of aromatic amines is 1. The minimum atomic E-state index is -0.461. The number of phenolic OH excluding ortho intramolecular Hbond substituents is 1. The number of hydrogen-bond donors (Lipinski definition) is 2. The van der Waals surface area contributed by atoms with E-state index in [0.29, 0.717) is 42.3 Å². The second kappa shape index (κ2) is 8.15. The number of aryl methyl sites for hydroxylation is 1. The van der Waals surface area contributed by atoms with E-state index >= 15 is 0 Å². The molecule has 0 aliphatic carbocycles. The van der Waals surface area contributed by atoms with Crippen LogP contribution in [-0.2, 0) is 4.74 Å². The summed E-state index contributed by atoms with van der Waals surface area (Å²) in [6, 6.07) is 3.17. The first-order chi connectivity index (χ1) is 13.3. The molecule has 0 aliphatic heterocycles. The molecule has 28 heavy (non-hydrogen) atoms. The number of ether oxygens (including phenoxy) is 2. The summed E-state index contributed by atoms with van der Waals surface area (Å²) in [5.74, 6) is 0.209. The first kappa shape index (κ1) is 20.1. The highest BCUT2D eigenvalue weighted by molar-refractivity contribution is 9.10. The number of esters is 1. The summed E-state index contributed by atoms with van der Waals surface area (Å²) >= 11 is 4.54. The Morgan fingerprint density at radius 3 is 2.82 bits per heavy atom. The van der Waals surface area contributed by atoms with E-state index in [1.54, 1.807) is 32.1 Å². The number of nitrogens with zero attached hydrogens (tertiary/aromatic N) is 1. The van der Waals surface area contributed by atoms with Gasteiger partial charge in [0.25, 0.3) is 5.56 Å². The van der Waals surface area contributed by atoms with Crippen LogP contribution < -0.4 is 10.3 Å². The topological polar surface area (TPSA) is 102 Å². The number of aromatic hydroxyl groups is 1. The molecule has 7 nitrogen and oxygen atoms in total. The van der Waals surface area contributed by atoms with Gasteiger partial charge in [0, 0.05) is 4.47 Å². The molecule has 0 radical (unpaired) electrons. The third-order valence-corrected chi connectivity index (χ3v) is 5.85. The predicted octanol–water partition coefficient (Wildman–Crippen LogP) is 4.12. The van der Waals surface area contributed by atoms with Crippen LogP contribution >= 0.6 is 27.3 Å². The molecule has 0 aliphatic rings. The Kier molecular flexibility index (Phi) is 5.85. The zero-order valence-corrected chi connectivity index (χ0v) is 17.7. The summed E-state index contributed by atoms with van der Waals surface area (Å²) in [5.41, 5.74) is 0.909. The molecule has 0 amide bonds. The summed E-state index contributed by atoms with van der Waals surface area (Å²) in [6.45, 7) is 3.69. The van der Waals surface area contributed by atoms with Crippen LogP contribution in [0.4, 0.5) is 0 Å². The highest BCUT2D eigenvalue weighted by Gasteiger charge is 2.19. The number of nitrogens with one attached hydrogen (secondary N) is 1. The Bertz CT molecular complexity index is 1150. The van der Waals surface area contributed by atoms with Crippen molar-refractivity contribution >= 4 is 55.6 Å². The Morgan fingerprint density at radius 2 is 2.14 bits per heavy atom. The highest BCUT2D eigenvalue weighted by Crippen LogP contribution is 2.33. The van der Waals surface area contributed by atoms with Crippen molar-refractivity contribution in [2.45, 2.75) is 13.8 Å². The average molecular weight is 465 g/mol. The summed E-state index contributed by atoms with van der Waals surface area (Å²) in [5, 5.41) is 10.3. The van der Waals surface area contributed by atoms with Crippen LogP contribution in [0.2, 0.25) is 0 Å². The number of carbonyl (C=O) groups excluding carboxylic acids is 1.